The Morgan fingerprint density at radius 1 is 1.28 bits per heavy atom. The van der Waals surface area contributed by atoms with Crippen LogP contribution in [0.25, 0.3) is 0 Å². The first-order valence-electron chi connectivity index (χ1n) is 7.20. The highest BCUT2D eigenvalue weighted by Gasteiger charge is 2.23. The van der Waals surface area contributed by atoms with Crippen molar-refractivity contribution in [2.45, 2.75) is 58.7 Å². The predicted molar refractivity (Wildman–Crippen MR) is 79.7 cm³/mol. The van der Waals surface area contributed by atoms with E-state index in [1.807, 2.05) is 11.3 Å². The molecule has 0 aliphatic heterocycles. The molecule has 2 rings (SSSR count). The van der Waals surface area contributed by atoms with Gasteiger partial charge in [-0.05, 0) is 30.9 Å². The van der Waals surface area contributed by atoms with Gasteiger partial charge in [0.15, 0.2) is 0 Å². The van der Waals surface area contributed by atoms with Crippen molar-refractivity contribution in [2.24, 2.45) is 11.7 Å². The molecule has 2 N–H and O–H groups in total. The number of hydrogen-bond acceptors (Lipinski definition) is 3. The second kappa shape index (κ2) is 6.69. The van der Waals surface area contributed by atoms with Crippen LogP contribution in [0.5, 0.6) is 0 Å². The minimum atomic E-state index is 0.679. The first-order valence-corrected chi connectivity index (χ1v) is 8.02. The van der Waals surface area contributed by atoms with E-state index < -0.39 is 0 Å². The van der Waals surface area contributed by atoms with Gasteiger partial charge in [0, 0.05) is 35.4 Å². The highest BCUT2D eigenvalue weighted by Crippen LogP contribution is 2.27. The SMILES string of the molecule is CC(C)CN(Cc1ccc(CN)s1)C1CCCC1. The van der Waals surface area contributed by atoms with Gasteiger partial charge >= 0.3 is 0 Å². The molecule has 2 nitrogen and oxygen atoms in total. The lowest BCUT2D eigenvalue weighted by Gasteiger charge is -2.30. The van der Waals surface area contributed by atoms with Gasteiger partial charge in [0.1, 0.15) is 0 Å². The second-order valence-corrected chi connectivity index (χ2v) is 7.09. The first-order chi connectivity index (χ1) is 8.69. The average Bonchev–Trinajstić information content (AvgIpc) is 2.98. The minimum absolute atomic E-state index is 0.679. The molecular weight excluding hydrogens is 240 g/mol. The lowest BCUT2D eigenvalue weighted by atomic mass is 10.1. The molecule has 1 aliphatic carbocycles. The fraction of sp³-hybridized carbons (Fsp3) is 0.733. The summed E-state index contributed by atoms with van der Waals surface area (Å²) in [6.45, 7) is 7.66. The van der Waals surface area contributed by atoms with Crippen molar-refractivity contribution in [1.82, 2.24) is 4.90 Å². The maximum atomic E-state index is 5.69. The maximum absolute atomic E-state index is 5.69. The van der Waals surface area contributed by atoms with Crippen LogP contribution in [0.2, 0.25) is 0 Å². The molecule has 18 heavy (non-hydrogen) atoms. The van der Waals surface area contributed by atoms with Gasteiger partial charge in [0.05, 0.1) is 0 Å². The molecule has 0 aromatic carbocycles. The fourth-order valence-electron chi connectivity index (χ4n) is 2.90. The molecule has 1 aliphatic rings. The number of nitrogens with zero attached hydrogens (tertiary/aromatic N) is 1. The Balaban J connectivity index is 1.99. The molecule has 0 bridgehead atoms. The predicted octanol–water partition coefficient (Wildman–Crippen LogP) is 3.61. The van der Waals surface area contributed by atoms with Crippen LogP contribution in [-0.4, -0.2) is 17.5 Å². The van der Waals surface area contributed by atoms with Gasteiger partial charge in [0.2, 0.25) is 0 Å². The van der Waals surface area contributed by atoms with E-state index in [0.717, 1.165) is 18.5 Å². The van der Waals surface area contributed by atoms with Crippen LogP contribution in [0.4, 0.5) is 0 Å². The summed E-state index contributed by atoms with van der Waals surface area (Å²) in [6, 6.07) is 5.26. The summed E-state index contributed by atoms with van der Waals surface area (Å²) in [5, 5.41) is 0. The number of hydrogen-bond donors (Lipinski definition) is 1. The molecule has 1 aromatic rings. The molecule has 0 atom stereocenters. The van der Waals surface area contributed by atoms with E-state index in [-0.39, 0.29) is 0 Å². The summed E-state index contributed by atoms with van der Waals surface area (Å²) in [7, 11) is 0. The van der Waals surface area contributed by atoms with Crippen molar-refractivity contribution in [1.29, 1.82) is 0 Å². The Bertz CT molecular complexity index is 353. The van der Waals surface area contributed by atoms with Crippen molar-refractivity contribution < 1.29 is 0 Å². The zero-order chi connectivity index (χ0) is 13.0. The standard InChI is InChI=1S/C15H26N2S/c1-12(2)10-17(13-5-3-4-6-13)11-15-8-7-14(9-16)18-15/h7-8,12-13H,3-6,9-11,16H2,1-2H3. The van der Waals surface area contributed by atoms with Gasteiger partial charge in [-0.25, -0.2) is 0 Å². The second-order valence-electron chi connectivity index (χ2n) is 5.83. The lowest BCUT2D eigenvalue weighted by Crippen LogP contribution is -2.35. The summed E-state index contributed by atoms with van der Waals surface area (Å²) in [4.78, 5) is 5.48. The van der Waals surface area contributed by atoms with Crippen molar-refractivity contribution >= 4 is 11.3 Å². The summed E-state index contributed by atoms with van der Waals surface area (Å²) < 4.78 is 0. The van der Waals surface area contributed by atoms with Crippen LogP contribution >= 0.6 is 11.3 Å². The third kappa shape index (κ3) is 3.81. The van der Waals surface area contributed by atoms with E-state index >= 15 is 0 Å². The van der Waals surface area contributed by atoms with Crippen LogP contribution in [0.3, 0.4) is 0 Å². The zero-order valence-corrected chi connectivity index (χ0v) is 12.5. The van der Waals surface area contributed by atoms with E-state index in [0.29, 0.717) is 6.54 Å². The van der Waals surface area contributed by atoms with Crippen LogP contribution in [0.15, 0.2) is 12.1 Å². The van der Waals surface area contributed by atoms with Crippen molar-refractivity contribution in [3.8, 4) is 0 Å². The smallest absolute Gasteiger partial charge is 0.0331 e. The van der Waals surface area contributed by atoms with Crippen LogP contribution in [0, 0.1) is 5.92 Å². The van der Waals surface area contributed by atoms with Crippen molar-refractivity contribution in [3.63, 3.8) is 0 Å². The number of nitrogens with two attached hydrogens (primary N) is 1. The van der Waals surface area contributed by atoms with E-state index in [2.05, 4.69) is 30.9 Å². The van der Waals surface area contributed by atoms with Gasteiger partial charge in [-0.2, -0.15) is 0 Å². The highest BCUT2D eigenvalue weighted by molar-refractivity contribution is 7.11. The summed E-state index contributed by atoms with van der Waals surface area (Å²) in [5.41, 5.74) is 5.69. The third-order valence-electron chi connectivity index (χ3n) is 3.72. The van der Waals surface area contributed by atoms with Crippen molar-refractivity contribution in [2.75, 3.05) is 6.54 Å². The molecule has 3 heteroatoms. The molecule has 1 heterocycles. The first kappa shape index (κ1) is 14.0. The van der Waals surface area contributed by atoms with Crippen molar-refractivity contribution in [3.05, 3.63) is 21.9 Å². The van der Waals surface area contributed by atoms with Crippen LogP contribution in [0.1, 0.15) is 49.3 Å². The molecule has 0 unspecified atom stereocenters. The maximum Gasteiger partial charge on any atom is 0.0331 e. The van der Waals surface area contributed by atoms with Crippen LogP contribution < -0.4 is 5.73 Å². The minimum Gasteiger partial charge on any atom is -0.326 e. The quantitative estimate of drug-likeness (QED) is 0.852. The molecular formula is C15H26N2S. The topological polar surface area (TPSA) is 29.3 Å². The largest absolute Gasteiger partial charge is 0.326 e. The molecule has 0 amide bonds. The molecule has 1 aromatic heterocycles. The van der Waals surface area contributed by atoms with Gasteiger partial charge in [-0.1, -0.05) is 26.7 Å². The molecule has 102 valence electrons. The van der Waals surface area contributed by atoms with Gasteiger partial charge in [0.25, 0.3) is 0 Å². The Labute approximate surface area is 115 Å². The Morgan fingerprint density at radius 2 is 1.94 bits per heavy atom. The fourth-order valence-corrected chi connectivity index (χ4v) is 3.82. The molecule has 0 spiro atoms. The molecule has 0 radical (unpaired) electrons. The molecule has 1 saturated carbocycles. The normalized spacial score (nSPS) is 17.2. The van der Waals surface area contributed by atoms with Gasteiger partial charge in [-0.15, -0.1) is 11.3 Å². The lowest BCUT2D eigenvalue weighted by molar-refractivity contribution is 0.170. The zero-order valence-electron chi connectivity index (χ0n) is 11.7. The number of thiophene rings is 1. The van der Waals surface area contributed by atoms with E-state index in [4.69, 9.17) is 5.73 Å². The monoisotopic (exact) mass is 266 g/mol. The summed E-state index contributed by atoms with van der Waals surface area (Å²) >= 11 is 1.88. The Hall–Kier alpha value is -0.380. The van der Waals surface area contributed by atoms with Gasteiger partial charge < -0.3 is 5.73 Å². The Kier molecular flexibility index (Phi) is 5.22. The van der Waals surface area contributed by atoms with Gasteiger partial charge in [-0.3, -0.25) is 4.90 Å². The van der Waals surface area contributed by atoms with E-state index in [9.17, 15) is 0 Å². The third-order valence-corrected chi connectivity index (χ3v) is 4.81. The van der Waals surface area contributed by atoms with E-state index in [1.54, 1.807) is 0 Å². The van der Waals surface area contributed by atoms with Crippen LogP contribution in [-0.2, 0) is 13.1 Å². The summed E-state index contributed by atoms with van der Waals surface area (Å²) in [5.74, 6) is 0.750. The Morgan fingerprint density at radius 3 is 2.50 bits per heavy atom. The average molecular weight is 266 g/mol. The molecule has 1 fully saturated rings. The van der Waals surface area contributed by atoms with E-state index in [1.165, 1.54) is 42.0 Å². The number of rotatable bonds is 6. The summed E-state index contributed by atoms with van der Waals surface area (Å²) in [6.07, 6.45) is 5.61. The molecule has 0 saturated heterocycles. The highest BCUT2D eigenvalue weighted by atomic mass is 32.1.